The summed E-state index contributed by atoms with van der Waals surface area (Å²) in [5.41, 5.74) is 4.97. The number of amides is 3. The Hall–Kier alpha value is -1.79. The Kier molecular flexibility index (Phi) is 5.59. The summed E-state index contributed by atoms with van der Waals surface area (Å²) in [4.78, 5) is 35.4. The van der Waals surface area contributed by atoms with E-state index in [4.69, 9.17) is 10.8 Å². The molecule has 0 aromatic carbocycles. The average molecular weight is 271 g/mol. The van der Waals surface area contributed by atoms with E-state index in [1.807, 2.05) is 6.92 Å². The third kappa shape index (κ3) is 4.76. The Morgan fingerprint density at radius 3 is 2.63 bits per heavy atom. The Balaban J connectivity index is 2.64. The number of likely N-dealkylation sites (tertiary alicyclic amines) is 1. The van der Waals surface area contributed by atoms with Crippen LogP contribution in [0.4, 0.5) is 4.79 Å². The highest BCUT2D eigenvalue weighted by molar-refractivity contribution is 5.87. The van der Waals surface area contributed by atoms with Gasteiger partial charge in [-0.1, -0.05) is 12.8 Å². The van der Waals surface area contributed by atoms with Crippen LogP contribution in [0.5, 0.6) is 0 Å². The van der Waals surface area contributed by atoms with E-state index in [1.165, 1.54) is 0 Å². The third-order valence-corrected chi connectivity index (χ3v) is 3.31. The fraction of sp³-hybridized carbons (Fsp3) is 0.750. The Bertz CT molecular complexity index is 359. The Morgan fingerprint density at radius 1 is 1.37 bits per heavy atom. The molecule has 1 unspecified atom stereocenters. The zero-order valence-electron chi connectivity index (χ0n) is 11.1. The van der Waals surface area contributed by atoms with Gasteiger partial charge in [0.25, 0.3) is 0 Å². The lowest BCUT2D eigenvalue weighted by Crippen LogP contribution is -2.51. The van der Waals surface area contributed by atoms with Crippen molar-refractivity contribution in [3.8, 4) is 0 Å². The highest BCUT2D eigenvalue weighted by atomic mass is 16.4. The second kappa shape index (κ2) is 6.96. The molecule has 2 atom stereocenters. The molecule has 108 valence electrons. The first kappa shape index (κ1) is 15.3. The van der Waals surface area contributed by atoms with Crippen molar-refractivity contribution in [2.45, 2.75) is 51.1 Å². The molecule has 0 saturated carbocycles. The number of aliphatic carboxylic acids is 1. The van der Waals surface area contributed by atoms with Crippen LogP contribution in [0.1, 0.15) is 39.0 Å². The predicted molar refractivity (Wildman–Crippen MR) is 68.4 cm³/mol. The van der Waals surface area contributed by atoms with Crippen molar-refractivity contribution in [2.24, 2.45) is 5.73 Å². The molecular formula is C12H21N3O4. The molecule has 3 amide bonds. The molecule has 7 heteroatoms. The van der Waals surface area contributed by atoms with Crippen molar-refractivity contribution in [1.29, 1.82) is 0 Å². The van der Waals surface area contributed by atoms with Crippen LogP contribution in [-0.2, 0) is 9.59 Å². The second-order valence-electron chi connectivity index (χ2n) is 4.90. The molecule has 0 bridgehead atoms. The van der Waals surface area contributed by atoms with Crippen LogP contribution in [0.25, 0.3) is 0 Å². The van der Waals surface area contributed by atoms with E-state index in [1.54, 1.807) is 4.90 Å². The molecule has 0 radical (unpaired) electrons. The van der Waals surface area contributed by atoms with Gasteiger partial charge in [-0.05, 0) is 19.8 Å². The molecule has 19 heavy (non-hydrogen) atoms. The number of carbonyl (C=O) groups excluding carboxylic acids is 2. The standard InChI is InChI=1S/C12H21N3O4/c1-8-5-3-2-4-6-15(8)12(19)14-9(11(17)18)7-10(13)16/h8-9H,2-7H2,1H3,(H2,13,16)(H,14,19)(H,17,18)/t8?,9-/m1/s1. The topological polar surface area (TPSA) is 113 Å². The smallest absolute Gasteiger partial charge is 0.326 e. The van der Waals surface area contributed by atoms with Gasteiger partial charge in [0.15, 0.2) is 0 Å². The minimum absolute atomic E-state index is 0.0746. The number of nitrogens with one attached hydrogen (secondary N) is 1. The van der Waals surface area contributed by atoms with Crippen LogP contribution in [0.2, 0.25) is 0 Å². The van der Waals surface area contributed by atoms with Crippen molar-refractivity contribution in [3.63, 3.8) is 0 Å². The van der Waals surface area contributed by atoms with Gasteiger partial charge in [-0.15, -0.1) is 0 Å². The van der Waals surface area contributed by atoms with E-state index < -0.39 is 30.4 Å². The molecule has 1 aliphatic heterocycles. The molecule has 0 aromatic heterocycles. The van der Waals surface area contributed by atoms with Crippen LogP contribution >= 0.6 is 0 Å². The molecule has 1 aliphatic rings. The SMILES string of the molecule is CC1CCCCCN1C(=O)N[C@H](CC(N)=O)C(=O)O. The largest absolute Gasteiger partial charge is 0.480 e. The normalized spacial score (nSPS) is 21.3. The van der Waals surface area contributed by atoms with E-state index in [9.17, 15) is 14.4 Å². The maximum absolute atomic E-state index is 12.1. The van der Waals surface area contributed by atoms with E-state index in [0.29, 0.717) is 6.54 Å². The minimum atomic E-state index is -1.26. The number of nitrogens with zero attached hydrogens (tertiary/aromatic N) is 1. The summed E-state index contributed by atoms with van der Waals surface area (Å²) in [5, 5.41) is 11.3. The number of rotatable bonds is 4. The fourth-order valence-corrected chi connectivity index (χ4v) is 2.21. The van der Waals surface area contributed by atoms with Gasteiger partial charge < -0.3 is 21.1 Å². The summed E-state index contributed by atoms with van der Waals surface area (Å²) < 4.78 is 0. The quantitative estimate of drug-likeness (QED) is 0.682. The highest BCUT2D eigenvalue weighted by Gasteiger charge is 2.27. The number of carboxylic acids is 1. The van der Waals surface area contributed by atoms with Gasteiger partial charge in [-0.3, -0.25) is 4.79 Å². The zero-order valence-corrected chi connectivity index (χ0v) is 11.1. The first-order chi connectivity index (χ1) is 8.91. The zero-order chi connectivity index (χ0) is 14.4. The second-order valence-corrected chi connectivity index (χ2v) is 4.90. The molecule has 0 aliphatic carbocycles. The number of carboxylic acid groups (broad SMARTS) is 1. The van der Waals surface area contributed by atoms with Crippen LogP contribution in [0.15, 0.2) is 0 Å². The molecule has 7 nitrogen and oxygen atoms in total. The molecule has 0 aromatic rings. The molecule has 1 heterocycles. The van der Waals surface area contributed by atoms with Gasteiger partial charge in [0.2, 0.25) is 5.91 Å². The lowest BCUT2D eigenvalue weighted by molar-refractivity contribution is -0.141. The molecule has 1 fully saturated rings. The van der Waals surface area contributed by atoms with Gasteiger partial charge in [-0.2, -0.15) is 0 Å². The van der Waals surface area contributed by atoms with E-state index >= 15 is 0 Å². The summed E-state index contributed by atoms with van der Waals surface area (Å²) in [5.74, 6) is -2.01. The van der Waals surface area contributed by atoms with Crippen LogP contribution in [0.3, 0.4) is 0 Å². The van der Waals surface area contributed by atoms with Gasteiger partial charge in [0, 0.05) is 12.6 Å². The van der Waals surface area contributed by atoms with Crippen molar-refractivity contribution in [3.05, 3.63) is 0 Å². The van der Waals surface area contributed by atoms with Gasteiger partial charge in [0.1, 0.15) is 6.04 Å². The fourth-order valence-electron chi connectivity index (χ4n) is 2.21. The monoisotopic (exact) mass is 271 g/mol. The van der Waals surface area contributed by atoms with E-state index in [2.05, 4.69) is 5.32 Å². The number of urea groups is 1. The number of hydrogen-bond acceptors (Lipinski definition) is 3. The average Bonchev–Trinajstić information content (AvgIpc) is 2.52. The molecule has 1 saturated heterocycles. The molecule has 0 spiro atoms. The maximum Gasteiger partial charge on any atom is 0.326 e. The Morgan fingerprint density at radius 2 is 2.05 bits per heavy atom. The predicted octanol–water partition coefficient (Wildman–Crippen LogP) is 0.289. The maximum atomic E-state index is 12.1. The number of carbonyl (C=O) groups is 3. The van der Waals surface area contributed by atoms with Gasteiger partial charge in [-0.25, -0.2) is 9.59 Å². The summed E-state index contributed by atoms with van der Waals surface area (Å²) in [7, 11) is 0. The highest BCUT2D eigenvalue weighted by Crippen LogP contribution is 2.16. The number of nitrogens with two attached hydrogens (primary N) is 1. The Labute approximate surface area is 112 Å². The van der Waals surface area contributed by atoms with Gasteiger partial charge >= 0.3 is 12.0 Å². The van der Waals surface area contributed by atoms with Crippen molar-refractivity contribution < 1.29 is 19.5 Å². The van der Waals surface area contributed by atoms with Crippen molar-refractivity contribution in [1.82, 2.24) is 10.2 Å². The van der Waals surface area contributed by atoms with Crippen LogP contribution in [0, 0.1) is 0 Å². The summed E-state index contributed by atoms with van der Waals surface area (Å²) in [6.07, 6.45) is 3.54. The molecule has 1 rings (SSSR count). The number of primary amides is 1. The summed E-state index contributed by atoms with van der Waals surface area (Å²) >= 11 is 0. The number of hydrogen-bond donors (Lipinski definition) is 3. The van der Waals surface area contributed by atoms with E-state index in [0.717, 1.165) is 25.7 Å². The minimum Gasteiger partial charge on any atom is -0.480 e. The summed E-state index contributed by atoms with van der Waals surface area (Å²) in [6.45, 7) is 2.55. The molecular weight excluding hydrogens is 250 g/mol. The lowest BCUT2D eigenvalue weighted by atomic mass is 10.1. The van der Waals surface area contributed by atoms with Gasteiger partial charge in [0.05, 0.1) is 6.42 Å². The third-order valence-electron chi connectivity index (χ3n) is 3.31. The van der Waals surface area contributed by atoms with Crippen LogP contribution in [-0.4, -0.2) is 46.5 Å². The van der Waals surface area contributed by atoms with Crippen LogP contribution < -0.4 is 11.1 Å². The first-order valence-corrected chi connectivity index (χ1v) is 6.50. The molecule has 4 N–H and O–H groups in total. The lowest BCUT2D eigenvalue weighted by Gasteiger charge is -2.28. The summed E-state index contributed by atoms with van der Waals surface area (Å²) in [6, 6.07) is -1.63. The van der Waals surface area contributed by atoms with Crippen molar-refractivity contribution in [2.75, 3.05) is 6.54 Å². The van der Waals surface area contributed by atoms with E-state index in [-0.39, 0.29) is 6.04 Å². The van der Waals surface area contributed by atoms with Crippen molar-refractivity contribution >= 4 is 17.9 Å². The first-order valence-electron chi connectivity index (χ1n) is 6.50.